The molecule has 0 fully saturated rings. The molecule has 2 aromatic carbocycles. The lowest BCUT2D eigenvalue weighted by molar-refractivity contribution is 0.135. The number of hydrogen-bond acceptors (Lipinski definition) is 3. The first kappa shape index (κ1) is 21.0. The Morgan fingerprint density at radius 3 is 2.56 bits per heavy atom. The highest BCUT2D eigenvalue weighted by molar-refractivity contribution is 5.64. The lowest BCUT2D eigenvalue weighted by Gasteiger charge is -2.13. The van der Waals surface area contributed by atoms with E-state index < -0.39 is 0 Å². The Morgan fingerprint density at radius 2 is 1.85 bits per heavy atom. The van der Waals surface area contributed by atoms with Gasteiger partial charge in [-0.05, 0) is 49.8 Å². The molecule has 0 N–H and O–H groups in total. The summed E-state index contributed by atoms with van der Waals surface area (Å²) in [7, 11) is 3.73. The fourth-order valence-electron chi connectivity index (χ4n) is 2.81. The topological polar surface area (TPSA) is 34.1 Å². The minimum absolute atomic E-state index is 0.760. The van der Waals surface area contributed by atoms with Crippen molar-refractivity contribution in [2.75, 3.05) is 33.9 Å². The molecule has 0 saturated heterocycles. The number of benzene rings is 2. The van der Waals surface area contributed by atoms with Gasteiger partial charge in [-0.15, -0.1) is 0 Å². The summed E-state index contributed by atoms with van der Waals surface area (Å²) < 4.78 is 11.4. The summed E-state index contributed by atoms with van der Waals surface area (Å²) in [5.41, 5.74) is 4.65. The highest BCUT2D eigenvalue weighted by Gasteiger charge is 2.08. The van der Waals surface area contributed by atoms with Crippen molar-refractivity contribution in [1.29, 1.82) is 0 Å². The van der Waals surface area contributed by atoms with E-state index in [1.807, 2.05) is 30.4 Å². The largest absolute Gasteiger partial charge is 0.496 e. The first-order valence-corrected chi connectivity index (χ1v) is 9.67. The van der Waals surface area contributed by atoms with Gasteiger partial charge in [-0.1, -0.05) is 36.4 Å². The van der Waals surface area contributed by atoms with Crippen molar-refractivity contribution in [2.45, 2.75) is 33.1 Å². The zero-order valence-corrected chi connectivity index (χ0v) is 17.1. The van der Waals surface area contributed by atoms with Crippen molar-refractivity contribution in [3.63, 3.8) is 0 Å². The molecule has 2 rings (SSSR count). The Hall–Kier alpha value is -2.33. The zero-order valence-electron chi connectivity index (χ0n) is 17.1. The van der Waals surface area contributed by atoms with Crippen LogP contribution in [0.3, 0.4) is 0 Å². The van der Waals surface area contributed by atoms with E-state index in [4.69, 9.17) is 9.47 Å². The van der Waals surface area contributed by atoms with Gasteiger partial charge in [0, 0.05) is 26.3 Å². The summed E-state index contributed by atoms with van der Waals surface area (Å²) in [6.07, 6.45) is 4.74. The molecule has 0 aliphatic heterocycles. The van der Waals surface area contributed by atoms with Gasteiger partial charge >= 0.3 is 0 Å². The summed E-state index contributed by atoms with van der Waals surface area (Å²) in [6, 6.07) is 14.7. The molecular formula is C23H32N2O2. The van der Waals surface area contributed by atoms with Crippen molar-refractivity contribution >= 4 is 12.0 Å². The molecule has 27 heavy (non-hydrogen) atoms. The molecule has 0 saturated carbocycles. The molecule has 4 nitrogen and oxygen atoms in total. The SMILES string of the molecule is CCN(C)/C=N/c1cc(OC)c(CCCOCCc2ccccc2)cc1C. The van der Waals surface area contributed by atoms with Gasteiger partial charge in [0.2, 0.25) is 0 Å². The van der Waals surface area contributed by atoms with E-state index in [9.17, 15) is 0 Å². The normalized spacial score (nSPS) is 11.1. The fourth-order valence-corrected chi connectivity index (χ4v) is 2.81. The summed E-state index contributed by atoms with van der Waals surface area (Å²) in [5.74, 6) is 0.899. The van der Waals surface area contributed by atoms with Gasteiger partial charge in [0.05, 0.1) is 25.7 Å². The Kier molecular flexibility index (Phi) is 8.85. The molecule has 0 bridgehead atoms. The van der Waals surface area contributed by atoms with E-state index in [1.165, 1.54) is 11.1 Å². The zero-order chi connectivity index (χ0) is 19.5. The molecule has 0 amide bonds. The standard InChI is InChI=1S/C23H32N2O2/c1-5-25(3)18-24-22-17-23(26-4)21(16-19(22)2)12-9-14-27-15-13-20-10-7-6-8-11-20/h6-8,10-11,16-18H,5,9,12-15H2,1-4H3/b24-18+. The van der Waals surface area contributed by atoms with Gasteiger partial charge in [0.15, 0.2) is 0 Å². The van der Waals surface area contributed by atoms with Gasteiger partial charge < -0.3 is 14.4 Å². The molecule has 146 valence electrons. The number of aliphatic imine (C=N–C) groups is 1. The monoisotopic (exact) mass is 368 g/mol. The van der Waals surface area contributed by atoms with Crippen LogP contribution >= 0.6 is 0 Å². The summed E-state index contributed by atoms with van der Waals surface area (Å²) >= 11 is 0. The van der Waals surface area contributed by atoms with E-state index in [0.717, 1.165) is 56.0 Å². The lowest BCUT2D eigenvalue weighted by Crippen LogP contribution is -2.14. The minimum atomic E-state index is 0.760. The predicted molar refractivity (Wildman–Crippen MR) is 113 cm³/mol. The van der Waals surface area contributed by atoms with Crippen LogP contribution in [-0.2, 0) is 17.6 Å². The second kappa shape index (κ2) is 11.4. The molecule has 4 heteroatoms. The lowest BCUT2D eigenvalue weighted by atomic mass is 10.0. The van der Waals surface area contributed by atoms with Gasteiger partial charge in [-0.2, -0.15) is 0 Å². The number of aryl methyl sites for hydroxylation is 2. The van der Waals surface area contributed by atoms with Crippen LogP contribution in [0.1, 0.15) is 30.0 Å². The van der Waals surface area contributed by atoms with Crippen LogP contribution in [0.25, 0.3) is 0 Å². The number of hydrogen-bond donors (Lipinski definition) is 0. The molecule has 0 aromatic heterocycles. The maximum absolute atomic E-state index is 5.79. The molecule has 0 aliphatic rings. The quantitative estimate of drug-likeness (QED) is 0.324. The van der Waals surface area contributed by atoms with Crippen LogP contribution in [0, 0.1) is 6.92 Å². The Bertz CT molecular complexity index is 714. The average molecular weight is 369 g/mol. The molecule has 0 radical (unpaired) electrons. The minimum Gasteiger partial charge on any atom is -0.496 e. The van der Waals surface area contributed by atoms with Gasteiger partial charge in [0.25, 0.3) is 0 Å². The first-order chi connectivity index (χ1) is 13.1. The van der Waals surface area contributed by atoms with E-state index >= 15 is 0 Å². The molecule has 0 atom stereocenters. The van der Waals surface area contributed by atoms with E-state index in [2.05, 4.69) is 49.2 Å². The van der Waals surface area contributed by atoms with Crippen molar-refractivity contribution < 1.29 is 9.47 Å². The van der Waals surface area contributed by atoms with E-state index in [-0.39, 0.29) is 0 Å². The molecule has 0 aliphatic carbocycles. The number of ether oxygens (including phenoxy) is 2. The van der Waals surface area contributed by atoms with Crippen LogP contribution < -0.4 is 4.74 Å². The fraction of sp³-hybridized carbons (Fsp3) is 0.435. The summed E-state index contributed by atoms with van der Waals surface area (Å²) in [6.45, 7) is 6.65. The molecule has 0 spiro atoms. The number of rotatable bonds is 11. The van der Waals surface area contributed by atoms with Crippen molar-refractivity contribution in [1.82, 2.24) is 4.90 Å². The van der Waals surface area contributed by atoms with Crippen LogP contribution in [0.15, 0.2) is 47.5 Å². The van der Waals surface area contributed by atoms with Gasteiger partial charge in [-0.25, -0.2) is 4.99 Å². The van der Waals surface area contributed by atoms with Crippen LogP contribution in [0.5, 0.6) is 5.75 Å². The maximum Gasteiger partial charge on any atom is 0.124 e. The third kappa shape index (κ3) is 7.06. The number of nitrogens with zero attached hydrogens (tertiary/aromatic N) is 2. The molecule has 0 heterocycles. The second-order valence-electron chi connectivity index (χ2n) is 6.72. The van der Waals surface area contributed by atoms with Crippen molar-refractivity contribution in [3.8, 4) is 5.75 Å². The van der Waals surface area contributed by atoms with Crippen LogP contribution in [0.4, 0.5) is 5.69 Å². The smallest absolute Gasteiger partial charge is 0.124 e. The highest BCUT2D eigenvalue weighted by Crippen LogP contribution is 2.29. The third-order valence-corrected chi connectivity index (χ3v) is 4.60. The van der Waals surface area contributed by atoms with Crippen molar-refractivity contribution in [2.24, 2.45) is 4.99 Å². The Labute approximate surface area is 163 Å². The molecular weight excluding hydrogens is 336 g/mol. The van der Waals surface area contributed by atoms with E-state index in [1.54, 1.807) is 7.11 Å². The second-order valence-corrected chi connectivity index (χ2v) is 6.72. The Morgan fingerprint density at radius 1 is 1.07 bits per heavy atom. The van der Waals surface area contributed by atoms with Gasteiger partial charge in [0.1, 0.15) is 5.75 Å². The average Bonchev–Trinajstić information content (AvgIpc) is 2.70. The first-order valence-electron chi connectivity index (χ1n) is 9.67. The number of methoxy groups -OCH3 is 1. The van der Waals surface area contributed by atoms with Crippen LogP contribution in [-0.4, -0.2) is 45.2 Å². The van der Waals surface area contributed by atoms with Crippen LogP contribution in [0.2, 0.25) is 0 Å². The third-order valence-electron chi connectivity index (χ3n) is 4.60. The molecule has 2 aromatic rings. The maximum atomic E-state index is 5.79. The Balaban J connectivity index is 1.83. The summed E-state index contributed by atoms with van der Waals surface area (Å²) in [5, 5.41) is 0. The van der Waals surface area contributed by atoms with Crippen molar-refractivity contribution in [3.05, 3.63) is 59.2 Å². The predicted octanol–water partition coefficient (Wildman–Crippen LogP) is 4.81. The van der Waals surface area contributed by atoms with E-state index in [0.29, 0.717) is 0 Å². The van der Waals surface area contributed by atoms with Gasteiger partial charge in [-0.3, -0.25) is 0 Å². The summed E-state index contributed by atoms with van der Waals surface area (Å²) in [4.78, 5) is 6.62. The molecule has 0 unspecified atom stereocenters. The highest BCUT2D eigenvalue weighted by atomic mass is 16.5.